The summed E-state index contributed by atoms with van der Waals surface area (Å²) in [7, 11) is -5.30. The van der Waals surface area contributed by atoms with Gasteiger partial charge in [-0.3, -0.25) is 4.90 Å². The normalized spacial score (nSPS) is 25.1. The number of carbonyl (C=O) groups excluding carboxylic acids is 1. The molecule has 1 amide bonds. The summed E-state index contributed by atoms with van der Waals surface area (Å²) in [5, 5.41) is 13.4. The smallest absolute Gasteiger partial charge is 0.412 e. The van der Waals surface area contributed by atoms with E-state index in [0.29, 0.717) is 24.8 Å². The number of amides is 1. The summed E-state index contributed by atoms with van der Waals surface area (Å²) in [5.74, 6) is -1.02. The maximum Gasteiger partial charge on any atom is 0.412 e. The molecule has 3 aliphatic heterocycles. The van der Waals surface area contributed by atoms with E-state index in [1.54, 1.807) is 36.3 Å². The maximum atomic E-state index is 14.0. The molecule has 3 aromatic rings. The number of halogens is 1. The summed E-state index contributed by atoms with van der Waals surface area (Å²) in [6.45, 7) is 26.4. The van der Waals surface area contributed by atoms with Gasteiger partial charge in [-0.15, -0.1) is 11.6 Å². The Bertz CT molecular complexity index is 2340. The van der Waals surface area contributed by atoms with E-state index in [-0.39, 0.29) is 52.2 Å². The van der Waals surface area contributed by atoms with Crippen LogP contribution in [0.5, 0.6) is 0 Å². The fraction of sp³-hybridized carbons (Fsp3) is 0.603. The molecule has 72 heavy (non-hydrogen) atoms. The van der Waals surface area contributed by atoms with Crippen LogP contribution in [-0.4, -0.2) is 116 Å². The molecular weight excluding hydrogens is 966 g/mol. The molecule has 398 valence electrons. The van der Waals surface area contributed by atoms with Gasteiger partial charge in [0.25, 0.3) is 8.32 Å². The van der Waals surface area contributed by atoms with Crippen LogP contribution in [0.15, 0.2) is 114 Å². The van der Waals surface area contributed by atoms with Crippen molar-refractivity contribution in [3.63, 3.8) is 0 Å². The number of aliphatic hydroxyl groups is 1. The van der Waals surface area contributed by atoms with Gasteiger partial charge in [0.05, 0.1) is 59.9 Å². The monoisotopic (exact) mass is 1050 g/mol. The van der Waals surface area contributed by atoms with Gasteiger partial charge in [-0.25, -0.2) is 13.2 Å². The number of unbranched alkanes of at least 4 members (excludes halogenated alkanes) is 1. The van der Waals surface area contributed by atoms with Crippen molar-refractivity contribution in [3.05, 3.63) is 115 Å². The van der Waals surface area contributed by atoms with Crippen LogP contribution in [0.1, 0.15) is 125 Å². The van der Waals surface area contributed by atoms with Gasteiger partial charge in [0.1, 0.15) is 11.3 Å². The predicted octanol–water partition coefficient (Wildman–Crippen LogP) is 10.5. The molecule has 10 atom stereocenters. The number of alkyl halides is 1. The third-order valence-electron chi connectivity index (χ3n) is 15.4. The third-order valence-corrected chi connectivity index (χ3v) is 22.1. The van der Waals surface area contributed by atoms with Gasteiger partial charge < -0.3 is 33.6 Å². The highest BCUT2D eigenvalue weighted by Gasteiger charge is 2.52. The van der Waals surface area contributed by atoms with Crippen molar-refractivity contribution < 1.29 is 46.8 Å². The van der Waals surface area contributed by atoms with Gasteiger partial charge in [-0.1, -0.05) is 125 Å². The second kappa shape index (κ2) is 24.1. The van der Waals surface area contributed by atoms with E-state index in [9.17, 15) is 23.1 Å². The van der Waals surface area contributed by atoms with Crippen LogP contribution >= 0.6 is 11.6 Å². The number of hydrogen-bond acceptors (Lipinski definition) is 10. The average molecular weight is 1050 g/mol. The third kappa shape index (κ3) is 14.3. The molecule has 0 aliphatic carbocycles. The molecule has 14 heteroatoms. The first-order valence-electron chi connectivity index (χ1n) is 26.1. The number of benzene rings is 3. The number of rotatable bonds is 23. The Morgan fingerprint density at radius 1 is 0.931 bits per heavy atom. The van der Waals surface area contributed by atoms with Crippen LogP contribution in [-0.2, 0) is 33.5 Å². The largest absolute Gasteiger partial charge is 0.444 e. The van der Waals surface area contributed by atoms with Crippen molar-refractivity contribution in [3.8, 4) is 0 Å². The standard InChI is InChI=1S/C58H84ClNO10SSi/c1-39-26-29-46(30-27-39)71(63,64)38-49-52(68-53(54(49)66-12)35-45-37-60(58(10,11)69-45)55(62)70-56(5,6)7)36-50(61)42(4)40(2)33-43(59)28-31-51-41(3)34-44(67-51)21-19-20-32-57(8,9)72(65,47-22-15-13-16-23-47)48-24-17-14-18-25-48/h13-18,22-27,29-30,40,43-45,49-54,61,65H,3-4,19-21,28,31-38H2,1-2,5-12H3/t40-,43+,44+,45+,49+,50?,51+,52+,53-,54-/m1/s1. The van der Waals surface area contributed by atoms with E-state index in [4.69, 9.17) is 35.3 Å². The van der Waals surface area contributed by atoms with Gasteiger partial charge in [-0.2, -0.15) is 0 Å². The molecule has 0 radical (unpaired) electrons. The first-order chi connectivity index (χ1) is 33.7. The summed E-state index contributed by atoms with van der Waals surface area (Å²) < 4.78 is 59.5. The van der Waals surface area contributed by atoms with E-state index in [1.165, 1.54) is 0 Å². The van der Waals surface area contributed by atoms with Crippen LogP contribution in [0.3, 0.4) is 0 Å². The highest BCUT2D eigenvalue weighted by atomic mass is 35.5. The predicted molar refractivity (Wildman–Crippen MR) is 290 cm³/mol. The van der Waals surface area contributed by atoms with E-state index in [2.05, 4.69) is 51.3 Å². The second-order valence-corrected chi connectivity index (χ2v) is 29.6. The molecule has 1 unspecified atom stereocenters. The molecule has 0 aromatic heterocycles. The van der Waals surface area contributed by atoms with Gasteiger partial charge in [0.2, 0.25) is 0 Å². The molecule has 6 rings (SSSR count). The van der Waals surface area contributed by atoms with Crippen molar-refractivity contribution in [2.45, 2.75) is 196 Å². The first-order valence-corrected chi connectivity index (χ1v) is 30.1. The van der Waals surface area contributed by atoms with Crippen molar-refractivity contribution in [1.29, 1.82) is 0 Å². The number of sulfone groups is 1. The zero-order valence-corrected chi connectivity index (χ0v) is 47.2. The molecule has 0 spiro atoms. The quantitative estimate of drug-likeness (QED) is 0.0408. The number of ether oxygens (including phenoxy) is 5. The van der Waals surface area contributed by atoms with Gasteiger partial charge in [-0.05, 0) is 125 Å². The first kappa shape index (κ1) is 57.9. The van der Waals surface area contributed by atoms with Crippen LogP contribution in [0.2, 0.25) is 5.04 Å². The molecule has 11 nitrogen and oxygen atoms in total. The minimum atomic E-state index is -3.79. The molecule has 3 saturated heterocycles. The minimum absolute atomic E-state index is 0.0687. The maximum absolute atomic E-state index is 14.0. The van der Waals surface area contributed by atoms with Crippen LogP contribution in [0.25, 0.3) is 0 Å². The fourth-order valence-electron chi connectivity index (χ4n) is 11.2. The SMILES string of the molecule is C=C(C(O)C[C@@H]1O[C@H](C[C@H]2CN(C(=O)OC(C)(C)C)C(C)(C)O2)[C@H](OC)[C@H]1CS(=O)(=O)c1ccc(C)cc1)[C@H](C)C[C@@H](Cl)CC[C@@H]1O[C@@H](CCCCC(C)(C)[Si](O)(c2ccccc2)c2ccccc2)CC1=C. The summed E-state index contributed by atoms with van der Waals surface area (Å²) in [5.41, 5.74) is 1.01. The lowest BCUT2D eigenvalue weighted by Gasteiger charge is -2.41. The van der Waals surface area contributed by atoms with Crippen molar-refractivity contribution in [1.82, 2.24) is 4.90 Å². The Morgan fingerprint density at radius 2 is 1.54 bits per heavy atom. The minimum Gasteiger partial charge on any atom is -0.444 e. The molecule has 2 N–H and O–H groups in total. The Hall–Kier alpha value is -3.37. The van der Waals surface area contributed by atoms with E-state index < -0.39 is 72.0 Å². The van der Waals surface area contributed by atoms with E-state index >= 15 is 0 Å². The molecule has 3 heterocycles. The number of aryl methyl sites for hydroxylation is 1. The van der Waals surface area contributed by atoms with E-state index in [0.717, 1.165) is 60.0 Å². The molecule has 0 saturated carbocycles. The summed E-state index contributed by atoms with van der Waals surface area (Å²) in [4.78, 5) is 27.6. The van der Waals surface area contributed by atoms with Gasteiger partial charge >= 0.3 is 6.09 Å². The molecule has 3 aromatic carbocycles. The van der Waals surface area contributed by atoms with Crippen molar-refractivity contribution in [2.75, 3.05) is 19.4 Å². The Labute approximate surface area is 437 Å². The van der Waals surface area contributed by atoms with E-state index in [1.807, 2.05) is 84.9 Å². The lowest BCUT2D eigenvalue weighted by molar-refractivity contribution is -0.0953. The van der Waals surface area contributed by atoms with Gasteiger partial charge in [0.15, 0.2) is 9.84 Å². The second-order valence-electron chi connectivity index (χ2n) is 23.0. The Balaban J connectivity index is 1.01. The summed E-state index contributed by atoms with van der Waals surface area (Å²) in [6.07, 6.45) is 3.27. The average Bonchev–Trinajstić information content (AvgIpc) is 3.95. The lowest BCUT2D eigenvalue weighted by Crippen LogP contribution is -2.65. The zero-order chi connectivity index (χ0) is 52.8. The molecule has 3 fully saturated rings. The van der Waals surface area contributed by atoms with Crippen LogP contribution in [0, 0.1) is 18.8 Å². The molecule has 3 aliphatic rings. The molecule has 0 bridgehead atoms. The highest BCUT2D eigenvalue weighted by Crippen LogP contribution is 2.43. The number of hydrogen-bond donors (Lipinski definition) is 2. The lowest BCUT2D eigenvalue weighted by atomic mass is 9.86. The number of nitrogens with zero attached hydrogens (tertiary/aromatic N) is 1. The number of methoxy groups -OCH3 is 1. The highest BCUT2D eigenvalue weighted by molar-refractivity contribution is 7.91. The van der Waals surface area contributed by atoms with Crippen LogP contribution < -0.4 is 10.4 Å². The molecular formula is C58H84ClNO10SSi. The van der Waals surface area contributed by atoms with Crippen LogP contribution in [0.4, 0.5) is 4.79 Å². The zero-order valence-electron chi connectivity index (χ0n) is 44.6. The van der Waals surface area contributed by atoms with Gasteiger partial charge in [0, 0.05) is 31.2 Å². The summed E-state index contributed by atoms with van der Waals surface area (Å²) in [6, 6.07) is 27.2. The van der Waals surface area contributed by atoms with Crippen molar-refractivity contribution >= 4 is 46.2 Å². The Kier molecular flexibility index (Phi) is 19.4. The number of carbonyl (C=O) groups is 1. The number of aliphatic hydroxyl groups excluding tert-OH is 1. The topological polar surface area (TPSA) is 141 Å². The summed E-state index contributed by atoms with van der Waals surface area (Å²) >= 11 is 7.03. The Morgan fingerprint density at radius 3 is 2.12 bits per heavy atom. The fourth-order valence-corrected chi connectivity index (χ4v) is 17.0. The van der Waals surface area contributed by atoms with Crippen molar-refractivity contribution in [2.24, 2.45) is 11.8 Å².